The molecule has 1 amide bonds. The van der Waals surface area contributed by atoms with Crippen LogP contribution in [-0.4, -0.2) is 17.6 Å². The molecule has 2 N–H and O–H groups in total. The summed E-state index contributed by atoms with van der Waals surface area (Å²) in [7, 11) is 0. The third-order valence-electron chi connectivity index (χ3n) is 2.49. The highest BCUT2D eigenvalue weighted by Gasteiger charge is 2.11. The largest absolute Gasteiger partial charge is 0.507 e. The van der Waals surface area contributed by atoms with E-state index < -0.39 is 0 Å². The summed E-state index contributed by atoms with van der Waals surface area (Å²) in [6.45, 7) is 0.502. The molecule has 0 radical (unpaired) electrons. The first-order valence-electron chi connectivity index (χ1n) is 5.57. The highest BCUT2D eigenvalue weighted by Crippen LogP contribution is 2.22. The van der Waals surface area contributed by atoms with Crippen LogP contribution in [0.25, 0.3) is 0 Å². The molecule has 0 aliphatic rings. The van der Waals surface area contributed by atoms with Crippen LogP contribution in [0.3, 0.4) is 0 Å². The van der Waals surface area contributed by atoms with Crippen molar-refractivity contribution in [3.8, 4) is 5.75 Å². The van der Waals surface area contributed by atoms with Crippen LogP contribution in [0.1, 0.15) is 15.2 Å². The van der Waals surface area contributed by atoms with Gasteiger partial charge in [0.2, 0.25) is 0 Å². The Morgan fingerprint density at radius 3 is 2.84 bits per heavy atom. The Kier molecular flexibility index (Phi) is 4.85. The fourth-order valence-corrected chi connectivity index (χ4v) is 3.02. The lowest BCUT2D eigenvalue weighted by molar-refractivity contribution is 0.0951. The molecule has 6 heteroatoms. The standard InChI is InChI=1S/C13H11BrClNO2S/c14-8-1-3-11(17)10(7-8)13(18)16-6-5-9-2-4-12(15)19-9/h1-4,7,17H,5-6H2,(H,16,18). The zero-order valence-electron chi connectivity index (χ0n) is 9.82. The number of nitrogens with one attached hydrogen (secondary N) is 1. The van der Waals surface area contributed by atoms with Crippen molar-refractivity contribution in [1.29, 1.82) is 0 Å². The summed E-state index contributed by atoms with van der Waals surface area (Å²) in [5.74, 6) is -0.318. The molecule has 2 rings (SSSR count). The van der Waals surface area contributed by atoms with Crippen molar-refractivity contribution in [1.82, 2.24) is 5.32 Å². The Bertz CT molecular complexity index is 600. The third-order valence-corrected chi connectivity index (χ3v) is 4.27. The van der Waals surface area contributed by atoms with Crippen molar-refractivity contribution in [2.24, 2.45) is 0 Å². The molecule has 0 fully saturated rings. The second-order valence-corrected chi connectivity index (χ2v) is 6.59. The van der Waals surface area contributed by atoms with Gasteiger partial charge in [0.25, 0.3) is 5.91 Å². The van der Waals surface area contributed by atoms with Crippen molar-refractivity contribution < 1.29 is 9.90 Å². The Labute approximate surface area is 128 Å². The van der Waals surface area contributed by atoms with Crippen LogP contribution in [0.5, 0.6) is 5.75 Å². The molecule has 0 saturated heterocycles. The highest BCUT2D eigenvalue weighted by molar-refractivity contribution is 9.10. The normalized spacial score (nSPS) is 10.4. The van der Waals surface area contributed by atoms with E-state index in [0.717, 1.165) is 20.1 Å². The van der Waals surface area contributed by atoms with Crippen LogP contribution >= 0.6 is 38.9 Å². The monoisotopic (exact) mass is 359 g/mol. The maximum absolute atomic E-state index is 11.9. The molecule has 0 bridgehead atoms. The molecule has 2 aromatic rings. The Morgan fingerprint density at radius 1 is 1.37 bits per heavy atom. The number of halogens is 2. The zero-order valence-corrected chi connectivity index (χ0v) is 13.0. The van der Waals surface area contributed by atoms with Gasteiger partial charge in [0.05, 0.1) is 9.90 Å². The summed E-state index contributed by atoms with van der Waals surface area (Å²) in [5, 5.41) is 12.4. The summed E-state index contributed by atoms with van der Waals surface area (Å²) < 4.78 is 1.49. The Hall–Kier alpha value is -1.04. The molecule has 0 unspecified atom stereocenters. The van der Waals surface area contributed by atoms with Gasteiger partial charge in [0.15, 0.2) is 0 Å². The molecule has 0 aliphatic heterocycles. The molecule has 0 saturated carbocycles. The van der Waals surface area contributed by atoms with Crippen LogP contribution in [0.2, 0.25) is 4.34 Å². The minimum absolute atomic E-state index is 0.0279. The summed E-state index contributed by atoms with van der Waals surface area (Å²) in [6.07, 6.45) is 0.720. The van der Waals surface area contributed by atoms with E-state index in [1.54, 1.807) is 12.1 Å². The van der Waals surface area contributed by atoms with Crippen LogP contribution < -0.4 is 5.32 Å². The summed E-state index contributed by atoms with van der Waals surface area (Å²) >= 11 is 10.6. The molecule has 0 atom stereocenters. The lowest BCUT2D eigenvalue weighted by Crippen LogP contribution is -2.25. The number of carbonyl (C=O) groups excluding carboxylic acids is 1. The highest BCUT2D eigenvalue weighted by atomic mass is 79.9. The SMILES string of the molecule is O=C(NCCc1ccc(Cl)s1)c1cc(Br)ccc1O. The van der Waals surface area contributed by atoms with Gasteiger partial charge in [-0.2, -0.15) is 0 Å². The molecule has 1 aromatic heterocycles. The van der Waals surface area contributed by atoms with Crippen LogP contribution in [0.4, 0.5) is 0 Å². The van der Waals surface area contributed by atoms with E-state index in [1.165, 1.54) is 17.4 Å². The van der Waals surface area contributed by atoms with Gasteiger partial charge in [-0.15, -0.1) is 11.3 Å². The number of phenolic OH excluding ortho intramolecular Hbond substituents is 1. The number of aromatic hydroxyl groups is 1. The quantitative estimate of drug-likeness (QED) is 0.870. The maximum Gasteiger partial charge on any atom is 0.255 e. The van der Waals surface area contributed by atoms with Gasteiger partial charge in [0.1, 0.15) is 5.75 Å². The number of rotatable bonds is 4. The summed E-state index contributed by atoms with van der Waals surface area (Å²) in [6, 6.07) is 8.53. The third kappa shape index (κ3) is 3.96. The predicted molar refractivity (Wildman–Crippen MR) is 81.2 cm³/mol. The van der Waals surface area contributed by atoms with Crippen molar-refractivity contribution in [3.63, 3.8) is 0 Å². The van der Waals surface area contributed by atoms with E-state index in [-0.39, 0.29) is 17.2 Å². The van der Waals surface area contributed by atoms with Crippen LogP contribution in [0, 0.1) is 0 Å². The number of thiophene rings is 1. The van der Waals surface area contributed by atoms with E-state index in [9.17, 15) is 9.90 Å². The number of phenols is 1. The molecule has 3 nitrogen and oxygen atoms in total. The molecule has 1 aromatic carbocycles. The lowest BCUT2D eigenvalue weighted by atomic mass is 10.2. The molecular weight excluding hydrogens is 350 g/mol. The van der Waals surface area contributed by atoms with Gasteiger partial charge in [-0.05, 0) is 36.8 Å². The number of carbonyl (C=O) groups is 1. The Balaban J connectivity index is 1.92. The van der Waals surface area contributed by atoms with Gasteiger partial charge < -0.3 is 10.4 Å². The van der Waals surface area contributed by atoms with Gasteiger partial charge in [0, 0.05) is 15.9 Å². The minimum atomic E-state index is -0.290. The minimum Gasteiger partial charge on any atom is -0.507 e. The van der Waals surface area contributed by atoms with Crippen molar-refractivity contribution in [2.45, 2.75) is 6.42 Å². The van der Waals surface area contributed by atoms with Crippen LogP contribution in [-0.2, 0) is 6.42 Å². The van der Waals surface area contributed by atoms with Crippen molar-refractivity contribution in [3.05, 3.63) is 49.6 Å². The first-order chi connectivity index (χ1) is 9.06. The lowest BCUT2D eigenvalue weighted by Gasteiger charge is -2.06. The summed E-state index contributed by atoms with van der Waals surface area (Å²) in [4.78, 5) is 13.0. The van der Waals surface area contributed by atoms with E-state index in [1.807, 2.05) is 12.1 Å². The second kappa shape index (κ2) is 6.41. The number of hydrogen-bond donors (Lipinski definition) is 2. The average Bonchev–Trinajstić information content (AvgIpc) is 2.78. The second-order valence-electron chi connectivity index (χ2n) is 3.87. The van der Waals surface area contributed by atoms with E-state index in [2.05, 4.69) is 21.2 Å². The van der Waals surface area contributed by atoms with Crippen LogP contribution in [0.15, 0.2) is 34.8 Å². The van der Waals surface area contributed by atoms with Crippen molar-refractivity contribution >= 4 is 44.8 Å². The molecule has 0 aliphatic carbocycles. The predicted octanol–water partition coefficient (Wildman–Crippen LogP) is 3.84. The molecule has 100 valence electrons. The molecule has 19 heavy (non-hydrogen) atoms. The van der Waals surface area contributed by atoms with Crippen molar-refractivity contribution in [2.75, 3.05) is 6.54 Å². The number of benzene rings is 1. The van der Waals surface area contributed by atoms with E-state index in [4.69, 9.17) is 11.6 Å². The topological polar surface area (TPSA) is 49.3 Å². The van der Waals surface area contributed by atoms with Gasteiger partial charge >= 0.3 is 0 Å². The van der Waals surface area contributed by atoms with Gasteiger partial charge in [-0.25, -0.2) is 0 Å². The molecular formula is C13H11BrClNO2S. The zero-order chi connectivity index (χ0) is 13.8. The number of amides is 1. The fourth-order valence-electron chi connectivity index (χ4n) is 1.57. The van der Waals surface area contributed by atoms with E-state index in [0.29, 0.717) is 6.54 Å². The summed E-state index contributed by atoms with van der Waals surface area (Å²) in [5.41, 5.74) is 0.263. The Morgan fingerprint density at radius 2 is 2.16 bits per heavy atom. The van der Waals surface area contributed by atoms with Gasteiger partial charge in [-0.1, -0.05) is 27.5 Å². The maximum atomic E-state index is 11.9. The fraction of sp³-hybridized carbons (Fsp3) is 0.154. The first-order valence-corrected chi connectivity index (χ1v) is 7.56. The van der Waals surface area contributed by atoms with E-state index >= 15 is 0 Å². The average molecular weight is 361 g/mol. The molecule has 1 heterocycles. The van der Waals surface area contributed by atoms with Gasteiger partial charge in [-0.3, -0.25) is 4.79 Å². The first kappa shape index (κ1) is 14.4. The number of hydrogen-bond acceptors (Lipinski definition) is 3. The molecule has 0 spiro atoms. The smallest absolute Gasteiger partial charge is 0.255 e.